The number of carboxylic acid groups (broad SMARTS) is 1. The van der Waals surface area contributed by atoms with E-state index in [-0.39, 0.29) is 6.04 Å². The molecule has 0 aliphatic carbocycles. The summed E-state index contributed by atoms with van der Waals surface area (Å²) < 4.78 is 0. The Morgan fingerprint density at radius 1 is 0.714 bits per heavy atom. The molecule has 0 spiro atoms. The first-order valence-corrected chi connectivity index (χ1v) is 8.49. The molecule has 0 unspecified atom stereocenters. The van der Waals surface area contributed by atoms with Gasteiger partial charge < -0.3 is 10.4 Å². The summed E-state index contributed by atoms with van der Waals surface area (Å²) in [7, 11) is 0. The van der Waals surface area contributed by atoms with E-state index in [1.807, 2.05) is 0 Å². The van der Waals surface area contributed by atoms with Crippen LogP contribution in [-0.2, 0) is 4.79 Å². The van der Waals surface area contributed by atoms with Crippen molar-refractivity contribution in [2.75, 3.05) is 0 Å². The Balaban J connectivity index is 5.56. The Labute approximate surface area is 131 Å². The van der Waals surface area contributed by atoms with Crippen molar-refractivity contribution in [1.29, 1.82) is 0 Å². The van der Waals surface area contributed by atoms with E-state index in [1.54, 1.807) is 6.92 Å². The third-order valence-electron chi connectivity index (χ3n) is 4.72. The fraction of sp³-hybridized carbons (Fsp3) is 0.944. The van der Waals surface area contributed by atoms with Gasteiger partial charge in [-0.15, -0.1) is 0 Å². The number of carboxylic acids is 1. The quantitative estimate of drug-likeness (QED) is 0.668. The molecule has 3 heteroatoms. The summed E-state index contributed by atoms with van der Waals surface area (Å²) in [4.78, 5) is 11.3. The lowest BCUT2D eigenvalue weighted by atomic mass is 9.68. The minimum absolute atomic E-state index is 0.232. The Hall–Kier alpha value is -0.570. The molecule has 0 bridgehead atoms. The molecule has 0 aliphatic heterocycles. The lowest BCUT2D eigenvalue weighted by Crippen LogP contribution is -2.54. The van der Waals surface area contributed by atoms with Gasteiger partial charge in [0.25, 0.3) is 0 Å². The second-order valence-corrected chi connectivity index (χ2v) is 7.88. The van der Waals surface area contributed by atoms with Crippen molar-refractivity contribution in [3.8, 4) is 0 Å². The van der Waals surface area contributed by atoms with E-state index in [1.165, 1.54) is 0 Å². The summed E-state index contributed by atoms with van der Waals surface area (Å²) in [6.07, 6.45) is 0. The van der Waals surface area contributed by atoms with Gasteiger partial charge in [-0.05, 0) is 42.4 Å². The first-order chi connectivity index (χ1) is 9.50. The molecule has 0 saturated heterocycles. The Morgan fingerprint density at radius 2 is 1.00 bits per heavy atom. The highest BCUT2D eigenvalue weighted by molar-refractivity contribution is 5.72. The highest BCUT2D eigenvalue weighted by atomic mass is 16.4. The first kappa shape index (κ1) is 20.4. The SMILES string of the molecule is CC(C)C(C(C)C)C(N[C@H](C)C(=O)O)C(C(C)C)C(C)C. The molecule has 0 fully saturated rings. The van der Waals surface area contributed by atoms with Gasteiger partial charge in [0, 0.05) is 6.04 Å². The van der Waals surface area contributed by atoms with E-state index in [2.05, 4.69) is 60.7 Å². The van der Waals surface area contributed by atoms with Crippen LogP contribution < -0.4 is 5.32 Å². The van der Waals surface area contributed by atoms with Gasteiger partial charge in [-0.2, -0.15) is 0 Å². The maximum Gasteiger partial charge on any atom is 0.320 e. The number of hydrogen-bond donors (Lipinski definition) is 2. The fourth-order valence-electron chi connectivity index (χ4n) is 4.04. The van der Waals surface area contributed by atoms with Gasteiger partial charge in [-0.1, -0.05) is 55.4 Å². The van der Waals surface area contributed by atoms with Crippen LogP contribution in [0, 0.1) is 35.5 Å². The summed E-state index contributed by atoms with van der Waals surface area (Å²) >= 11 is 0. The maximum atomic E-state index is 11.3. The van der Waals surface area contributed by atoms with Gasteiger partial charge in [0.15, 0.2) is 0 Å². The number of hydrogen-bond acceptors (Lipinski definition) is 2. The molecule has 0 saturated carbocycles. The van der Waals surface area contributed by atoms with Crippen LogP contribution in [0.3, 0.4) is 0 Å². The fourth-order valence-corrected chi connectivity index (χ4v) is 4.04. The van der Waals surface area contributed by atoms with Gasteiger partial charge in [0.2, 0.25) is 0 Å². The van der Waals surface area contributed by atoms with Crippen molar-refractivity contribution < 1.29 is 9.90 Å². The summed E-state index contributed by atoms with van der Waals surface area (Å²) in [6.45, 7) is 19.8. The predicted octanol–water partition coefficient (Wildman–Crippen LogP) is 4.27. The molecule has 0 aromatic carbocycles. The minimum Gasteiger partial charge on any atom is -0.480 e. The molecule has 126 valence electrons. The highest BCUT2D eigenvalue weighted by Gasteiger charge is 2.37. The lowest BCUT2D eigenvalue weighted by Gasteiger charge is -2.43. The zero-order chi connectivity index (χ0) is 16.9. The van der Waals surface area contributed by atoms with E-state index in [9.17, 15) is 9.90 Å². The molecule has 3 nitrogen and oxygen atoms in total. The van der Waals surface area contributed by atoms with Crippen molar-refractivity contribution in [3.05, 3.63) is 0 Å². The summed E-state index contributed by atoms with van der Waals surface area (Å²) in [6, 6.07) is -0.272. The number of nitrogens with one attached hydrogen (secondary N) is 1. The molecular formula is C18H37NO2. The van der Waals surface area contributed by atoms with Crippen LogP contribution in [0.25, 0.3) is 0 Å². The van der Waals surface area contributed by atoms with Crippen LogP contribution in [0.4, 0.5) is 0 Å². The minimum atomic E-state index is -0.766. The standard InChI is InChI=1S/C18H37NO2/c1-10(2)15(11(3)4)17(19-14(9)18(20)21)16(12(5)6)13(7)8/h10-17,19H,1-9H3,(H,20,21)/t14-/m1/s1. The molecule has 0 aromatic rings. The van der Waals surface area contributed by atoms with Crippen LogP contribution in [0.5, 0.6) is 0 Å². The van der Waals surface area contributed by atoms with Crippen LogP contribution >= 0.6 is 0 Å². The van der Waals surface area contributed by atoms with Gasteiger partial charge in [-0.3, -0.25) is 4.79 Å². The summed E-state index contributed by atoms with van der Waals surface area (Å²) in [5.74, 6) is 2.31. The number of aliphatic carboxylic acids is 1. The molecule has 1 atom stereocenters. The zero-order valence-corrected chi connectivity index (χ0v) is 15.5. The summed E-state index contributed by atoms with van der Waals surface area (Å²) in [5, 5.41) is 12.7. The number of carbonyl (C=O) groups is 1. The lowest BCUT2D eigenvalue weighted by molar-refractivity contribution is -0.139. The largest absolute Gasteiger partial charge is 0.480 e. The molecule has 0 amide bonds. The molecule has 2 N–H and O–H groups in total. The zero-order valence-electron chi connectivity index (χ0n) is 15.5. The smallest absolute Gasteiger partial charge is 0.320 e. The number of rotatable bonds is 9. The van der Waals surface area contributed by atoms with Gasteiger partial charge in [0.05, 0.1) is 0 Å². The Bertz CT molecular complexity index is 274. The van der Waals surface area contributed by atoms with Crippen molar-refractivity contribution >= 4 is 5.97 Å². The van der Waals surface area contributed by atoms with E-state index in [4.69, 9.17) is 0 Å². The third kappa shape index (κ3) is 5.98. The average Bonchev–Trinajstić information content (AvgIpc) is 2.25. The second-order valence-electron chi connectivity index (χ2n) is 7.88. The van der Waals surface area contributed by atoms with Crippen LogP contribution in [0.15, 0.2) is 0 Å². The predicted molar refractivity (Wildman–Crippen MR) is 90.4 cm³/mol. The molecule has 0 aromatic heterocycles. The molecule has 21 heavy (non-hydrogen) atoms. The van der Waals surface area contributed by atoms with Gasteiger partial charge in [-0.25, -0.2) is 0 Å². The topological polar surface area (TPSA) is 49.3 Å². The van der Waals surface area contributed by atoms with Crippen LogP contribution in [0.2, 0.25) is 0 Å². The molecular weight excluding hydrogens is 262 g/mol. The van der Waals surface area contributed by atoms with E-state index in [0.717, 1.165) is 0 Å². The first-order valence-electron chi connectivity index (χ1n) is 8.49. The van der Waals surface area contributed by atoms with Crippen molar-refractivity contribution in [2.24, 2.45) is 35.5 Å². The van der Waals surface area contributed by atoms with E-state index in [0.29, 0.717) is 35.5 Å². The van der Waals surface area contributed by atoms with E-state index >= 15 is 0 Å². The maximum absolute atomic E-state index is 11.3. The monoisotopic (exact) mass is 299 g/mol. The second kappa shape index (κ2) is 8.77. The molecule has 0 rings (SSSR count). The average molecular weight is 299 g/mol. The highest BCUT2D eigenvalue weighted by Crippen LogP contribution is 2.35. The molecule has 0 aliphatic rings. The Kier molecular flexibility index (Phi) is 8.53. The summed E-state index contributed by atoms with van der Waals surface area (Å²) in [5.41, 5.74) is 0. The van der Waals surface area contributed by atoms with Crippen LogP contribution in [0.1, 0.15) is 62.3 Å². The molecule has 0 heterocycles. The van der Waals surface area contributed by atoms with Crippen molar-refractivity contribution in [3.63, 3.8) is 0 Å². The normalized spacial score (nSPS) is 14.5. The van der Waals surface area contributed by atoms with Gasteiger partial charge in [0.1, 0.15) is 6.04 Å². The van der Waals surface area contributed by atoms with E-state index < -0.39 is 12.0 Å². The third-order valence-corrected chi connectivity index (χ3v) is 4.72. The van der Waals surface area contributed by atoms with Gasteiger partial charge >= 0.3 is 5.97 Å². The Morgan fingerprint density at radius 3 is 1.19 bits per heavy atom. The molecule has 0 radical (unpaired) electrons. The van der Waals surface area contributed by atoms with Crippen molar-refractivity contribution in [1.82, 2.24) is 5.32 Å². The van der Waals surface area contributed by atoms with Crippen molar-refractivity contribution in [2.45, 2.75) is 74.4 Å². The van der Waals surface area contributed by atoms with Crippen LogP contribution in [-0.4, -0.2) is 23.2 Å².